The molecule has 1 aliphatic rings. The molecule has 1 fully saturated rings. The Labute approximate surface area is 271 Å². The monoisotopic (exact) mass is 621 g/mol. The minimum atomic E-state index is -0.134. The van der Waals surface area contributed by atoms with Crippen LogP contribution in [0.3, 0.4) is 0 Å². The molecular formula is C35H31N11O. The topological polar surface area (TPSA) is 155 Å². The van der Waals surface area contributed by atoms with Gasteiger partial charge in [-0.05, 0) is 54.1 Å². The first-order valence-electron chi connectivity index (χ1n) is 15.2. The molecule has 4 aromatic heterocycles. The molecule has 47 heavy (non-hydrogen) atoms. The molecule has 0 atom stereocenters. The van der Waals surface area contributed by atoms with Crippen molar-refractivity contribution in [3.8, 4) is 34.4 Å². The van der Waals surface area contributed by atoms with Crippen molar-refractivity contribution in [1.82, 2.24) is 34.4 Å². The van der Waals surface area contributed by atoms with Crippen LogP contribution >= 0.6 is 0 Å². The van der Waals surface area contributed by atoms with E-state index >= 15 is 0 Å². The molecule has 0 saturated carbocycles. The Kier molecular flexibility index (Phi) is 7.95. The Balaban J connectivity index is 1.18. The number of aromatic nitrogens is 6. The maximum Gasteiger partial charge on any atom is 0.221 e. The van der Waals surface area contributed by atoms with Crippen molar-refractivity contribution in [3.05, 3.63) is 103 Å². The molecule has 0 bridgehead atoms. The second-order valence-corrected chi connectivity index (χ2v) is 11.3. The summed E-state index contributed by atoms with van der Waals surface area (Å²) in [6, 6.07) is 25.7. The molecule has 6 aromatic rings. The van der Waals surface area contributed by atoms with Crippen LogP contribution in [0, 0.1) is 11.3 Å². The molecule has 1 saturated heterocycles. The molecule has 0 spiro atoms. The number of nitrogen functional groups attached to an aromatic ring is 1. The molecule has 12 nitrogen and oxygen atoms in total. The van der Waals surface area contributed by atoms with Gasteiger partial charge in [0.2, 0.25) is 5.91 Å². The average molecular weight is 622 g/mol. The van der Waals surface area contributed by atoms with Gasteiger partial charge in [-0.2, -0.15) is 5.26 Å². The third kappa shape index (κ3) is 6.20. The highest BCUT2D eigenvalue weighted by Gasteiger charge is 2.21. The van der Waals surface area contributed by atoms with E-state index in [2.05, 4.69) is 60.4 Å². The summed E-state index contributed by atoms with van der Waals surface area (Å²) in [5, 5.41) is 12.0. The summed E-state index contributed by atoms with van der Waals surface area (Å²) in [7, 11) is 0. The zero-order valence-corrected chi connectivity index (χ0v) is 25.7. The van der Waals surface area contributed by atoms with Gasteiger partial charge >= 0.3 is 0 Å². The molecule has 0 aliphatic carbocycles. The number of carbonyl (C=O) groups excluding carboxylic acids is 1. The molecule has 1 aliphatic heterocycles. The molecule has 2 aromatic carbocycles. The summed E-state index contributed by atoms with van der Waals surface area (Å²) < 4.78 is 2.02. The molecular weight excluding hydrogens is 590 g/mol. The van der Waals surface area contributed by atoms with Crippen molar-refractivity contribution in [2.45, 2.75) is 13.5 Å². The number of nitrogens with one attached hydrogen (secondary N) is 1. The van der Waals surface area contributed by atoms with Crippen LogP contribution in [-0.4, -0.2) is 66.5 Å². The van der Waals surface area contributed by atoms with Gasteiger partial charge in [0.25, 0.3) is 0 Å². The summed E-state index contributed by atoms with van der Waals surface area (Å²) >= 11 is 0. The zero-order valence-electron chi connectivity index (χ0n) is 25.7. The van der Waals surface area contributed by atoms with E-state index in [0.29, 0.717) is 34.2 Å². The number of nitrogens with zero attached hydrogens (tertiary/aromatic N) is 9. The van der Waals surface area contributed by atoms with Crippen LogP contribution in [0.1, 0.15) is 18.2 Å². The number of carbonyl (C=O) groups is 1. The van der Waals surface area contributed by atoms with Gasteiger partial charge in [0.15, 0.2) is 17.2 Å². The lowest BCUT2D eigenvalue weighted by molar-refractivity contribution is -0.114. The minimum absolute atomic E-state index is 0.134. The van der Waals surface area contributed by atoms with Gasteiger partial charge in [-0.25, -0.2) is 19.9 Å². The van der Waals surface area contributed by atoms with Crippen molar-refractivity contribution in [2.75, 3.05) is 42.1 Å². The molecule has 0 radical (unpaired) electrons. The summed E-state index contributed by atoms with van der Waals surface area (Å²) in [5.74, 6) is 1.64. The van der Waals surface area contributed by atoms with Gasteiger partial charge in [-0.1, -0.05) is 24.3 Å². The number of nitriles is 1. The number of nitrogens with two attached hydrogens (primary N) is 1. The number of imidazole rings is 1. The molecule has 0 unspecified atom stereocenters. The number of amides is 1. The Morgan fingerprint density at radius 3 is 2.55 bits per heavy atom. The lowest BCUT2D eigenvalue weighted by Gasteiger charge is -2.35. The summed E-state index contributed by atoms with van der Waals surface area (Å²) in [4.78, 5) is 39.1. The van der Waals surface area contributed by atoms with E-state index in [1.165, 1.54) is 18.7 Å². The molecule has 12 heteroatoms. The van der Waals surface area contributed by atoms with Crippen LogP contribution in [0.2, 0.25) is 0 Å². The van der Waals surface area contributed by atoms with E-state index in [1.54, 1.807) is 12.4 Å². The number of hydrogen-bond donors (Lipinski definition) is 2. The minimum Gasteiger partial charge on any atom is -0.383 e. The van der Waals surface area contributed by atoms with Crippen LogP contribution in [0.25, 0.3) is 39.5 Å². The predicted octanol–water partition coefficient (Wildman–Crippen LogP) is 4.67. The van der Waals surface area contributed by atoms with E-state index in [4.69, 9.17) is 21.0 Å². The quantitative estimate of drug-likeness (QED) is 0.257. The largest absolute Gasteiger partial charge is 0.383 e. The van der Waals surface area contributed by atoms with Crippen LogP contribution in [-0.2, 0) is 11.3 Å². The van der Waals surface area contributed by atoms with Crippen LogP contribution in [0.15, 0.2) is 91.4 Å². The standard InChI is InChI=1S/C35H31N11O/c1-23(47)40-26-5-2-4-25(18-26)30-11-12-31-35(42-30)46(34(43-31)29-6-3-13-39-33(29)37)28-9-7-24(8-10-28)22-44-14-16-45(17-15-44)32-21-38-20-27(19-36)41-32/h2-13,18,20-21H,14-17,22H2,1H3,(H2,37,39)(H,40,47). The Morgan fingerprint density at radius 1 is 0.957 bits per heavy atom. The number of pyridine rings is 2. The van der Waals surface area contributed by atoms with Gasteiger partial charge in [0.05, 0.1) is 23.7 Å². The highest BCUT2D eigenvalue weighted by Crippen LogP contribution is 2.32. The van der Waals surface area contributed by atoms with Gasteiger partial charge < -0.3 is 16.0 Å². The average Bonchev–Trinajstić information content (AvgIpc) is 3.47. The Bertz CT molecular complexity index is 2130. The SMILES string of the molecule is CC(=O)Nc1cccc(-c2ccc3nc(-c4cccnc4N)n(-c4ccc(CN5CCN(c6cncc(C#N)n6)CC5)cc4)c3n2)c1. The summed E-state index contributed by atoms with van der Waals surface area (Å²) in [6.45, 7) is 5.64. The number of piperazine rings is 1. The maximum atomic E-state index is 11.7. The third-order valence-corrected chi connectivity index (χ3v) is 8.10. The highest BCUT2D eigenvalue weighted by molar-refractivity contribution is 5.90. The van der Waals surface area contributed by atoms with Gasteiger partial charge in [-0.3, -0.25) is 19.2 Å². The van der Waals surface area contributed by atoms with E-state index in [9.17, 15) is 4.79 Å². The van der Waals surface area contributed by atoms with Crippen LogP contribution < -0.4 is 16.0 Å². The number of anilines is 3. The van der Waals surface area contributed by atoms with Crippen molar-refractivity contribution in [2.24, 2.45) is 0 Å². The first kappa shape index (κ1) is 29.5. The van der Waals surface area contributed by atoms with E-state index in [1.807, 2.05) is 53.1 Å². The first-order chi connectivity index (χ1) is 22.9. The fraction of sp³-hybridized carbons (Fsp3) is 0.171. The third-order valence-electron chi connectivity index (χ3n) is 8.10. The number of benzene rings is 2. The Hall–Kier alpha value is -6.19. The fourth-order valence-electron chi connectivity index (χ4n) is 5.82. The van der Waals surface area contributed by atoms with E-state index in [0.717, 1.165) is 61.0 Å². The lowest BCUT2D eigenvalue weighted by atomic mass is 10.1. The fourth-order valence-corrected chi connectivity index (χ4v) is 5.82. The van der Waals surface area contributed by atoms with E-state index in [-0.39, 0.29) is 5.91 Å². The van der Waals surface area contributed by atoms with E-state index < -0.39 is 0 Å². The normalized spacial score (nSPS) is 13.4. The van der Waals surface area contributed by atoms with Crippen molar-refractivity contribution < 1.29 is 4.79 Å². The van der Waals surface area contributed by atoms with Gasteiger partial charge in [0, 0.05) is 62.8 Å². The molecule has 232 valence electrons. The van der Waals surface area contributed by atoms with Gasteiger partial charge in [-0.15, -0.1) is 0 Å². The molecule has 5 heterocycles. The zero-order chi connectivity index (χ0) is 32.3. The van der Waals surface area contributed by atoms with Crippen LogP contribution in [0.5, 0.6) is 0 Å². The lowest BCUT2D eigenvalue weighted by Crippen LogP contribution is -2.46. The smallest absolute Gasteiger partial charge is 0.221 e. The predicted molar refractivity (Wildman–Crippen MR) is 180 cm³/mol. The number of rotatable bonds is 7. The van der Waals surface area contributed by atoms with Crippen molar-refractivity contribution >= 4 is 34.4 Å². The second kappa shape index (κ2) is 12.7. The summed E-state index contributed by atoms with van der Waals surface area (Å²) in [5.41, 5.74) is 13.2. The second-order valence-electron chi connectivity index (χ2n) is 11.3. The highest BCUT2D eigenvalue weighted by atomic mass is 16.1. The molecule has 3 N–H and O–H groups in total. The first-order valence-corrected chi connectivity index (χ1v) is 15.2. The Morgan fingerprint density at radius 2 is 1.79 bits per heavy atom. The summed E-state index contributed by atoms with van der Waals surface area (Å²) in [6.07, 6.45) is 4.85. The maximum absolute atomic E-state index is 11.7. The molecule has 7 rings (SSSR count). The van der Waals surface area contributed by atoms with Crippen LogP contribution in [0.4, 0.5) is 17.3 Å². The van der Waals surface area contributed by atoms with Crippen molar-refractivity contribution in [3.63, 3.8) is 0 Å². The number of fused-ring (bicyclic) bond motifs is 1. The van der Waals surface area contributed by atoms with Gasteiger partial charge in [0.1, 0.15) is 23.2 Å². The number of hydrogen-bond acceptors (Lipinski definition) is 10. The van der Waals surface area contributed by atoms with Crippen molar-refractivity contribution in [1.29, 1.82) is 5.26 Å². The molecule has 1 amide bonds.